The van der Waals surface area contributed by atoms with E-state index in [9.17, 15) is 9.65 Å². The number of hydrogen-bond acceptors (Lipinski definition) is 4. The van der Waals surface area contributed by atoms with Crippen molar-refractivity contribution in [2.45, 2.75) is 13.0 Å². The van der Waals surface area contributed by atoms with Gasteiger partial charge in [0.15, 0.2) is 0 Å². The second-order valence-electron chi connectivity index (χ2n) is 5.50. The molecule has 3 aromatic rings. The number of anilines is 1. The Hall–Kier alpha value is -3.39. The smallest absolute Gasteiger partial charge is 0.233 e. The number of nitrogens with one attached hydrogen (secondary N) is 1. The van der Waals surface area contributed by atoms with Crippen molar-refractivity contribution >= 4 is 18.0 Å². The quantitative estimate of drug-likeness (QED) is 0.711. The van der Waals surface area contributed by atoms with Gasteiger partial charge in [-0.2, -0.15) is 10.2 Å². The number of aromatic nitrogens is 1. The van der Waals surface area contributed by atoms with Crippen molar-refractivity contribution in [2.24, 2.45) is 0 Å². The van der Waals surface area contributed by atoms with E-state index in [0.29, 0.717) is 11.8 Å². The molecule has 0 amide bonds. The van der Waals surface area contributed by atoms with Gasteiger partial charge in [0.2, 0.25) is 17.5 Å². The van der Waals surface area contributed by atoms with Crippen LogP contribution in [0.5, 0.6) is 0 Å². The molecule has 0 saturated heterocycles. The normalized spacial score (nSPS) is 12.0. The second-order valence-corrected chi connectivity index (χ2v) is 5.50. The largest absolute Gasteiger partial charge is 0.420 e. The van der Waals surface area contributed by atoms with Gasteiger partial charge in [0.05, 0.1) is 6.04 Å². The molecular weight excluding hydrogens is 317 g/mol. The summed E-state index contributed by atoms with van der Waals surface area (Å²) < 4.78 is 18.6. The van der Waals surface area contributed by atoms with Crippen LogP contribution in [-0.4, -0.2) is 4.98 Å². The third kappa shape index (κ3) is 4.12. The summed E-state index contributed by atoms with van der Waals surface area (Å²) in [6, 6.07) is 17.9. The maximum absolute atomic E-state index is 12.9. The lowest BCUT2D eigenvalue weighted by atomic mass is 10.1. The van der Waals surface area contributed by atoms with Crippen LogP contribution < -0.4 is 5.32 Å². The van der Waals surface area contributed by atoms with Crippen LogP contribution in [0.1, 0.15) is 35.7 Å². The minimum absolute atomic E-state index is 0.0322. The molecule has 0 bridgehead atoms. The van der Waals surface area contributed by atoms with E-state index in [1.165, 1.54) is 12.1 Å². The number of benzene rings is 2. The Bertz CT molecular complexity index is 908. The summed E-state index contributed by atoms with van der Waals surface area (Å²) in [4.78, 5) is 4.16. The Morgan fingerprint density at radius 2 is 1.84 bits per heavy atom. The minimum Gasteiger partial charge on any atom is -0.420 e. The standard InChI is InChI=1S/C20H16FN3O/c1-14(16-5-3-2-4-6-16)23-20-18(13-22)24-19(25-20)12-9-15-7-10-17(21)11-8-15/h2-12,14,23H,1H3/b12-9+/t14-/m0/s1. The average Bonchev–Trinajstić information content (AvgIpc) is 3.04. The summed E-state index contributed by atoms with van der Waals surface area (Å²) in [7, 11) is 0. The average molecular weight is 333 g/mol. The lowest BCUT2D eigenvalue weighted by Gasteiger charge is -2.12. The monoisotopic (exact) mass is 333 g/mol. The van der Waals surface area contributed by atoms with Gasteiger partial charge in [-0.1, -0.05) is 42.5 Å². The lowest BCUT2D eigenvalue weighted by molar-refractivity contribution is 0.552. The number of halogens is 1. The molecule has 0 fully saturated rings. The van der Waals surface area contributed by atoms with E-state index < -0.39 is 0 Å². The van der Waals surface area contributed by atoms with Crippen LogP contribution in [0.25, 0.3) is 12.2 Å². The Morgan fingerprint density at radius 1 is 1.12 bits per heavy atom. The fraction of sp³-hybridized carbons (Fsp3) is 0.100. The summed E-state index contributed by atoms with van der Waals surface area (Å²) in [5.74, 6) is 0.350. The molecule has 5 heteroatoms. The Labute approximate surface area is 145 Å². The van der Waals surface area contributed by atoms with Crippen molar-refractivity contribution in [1.29, 1.82) is 5.26 Å². The molecule has 0 spiro atoms. The fourth-order valence-corrected chi connectivity index (χ4v) is 2.34. The fourth-order valence-electron chi connectivity index (χ4n) is 2.34. The van der Waals surface area contributed by atoms with Gasteiger partial charge >= 0.3 is 0 Å². The van der Waals surface area contributed by atoms with Gasteiger partial charge in [-0.15, -0.1) is 0 Å². The predicted molar refractivity (Wildman–Crippen MR) is 95.0 cm³/mol. The van der Waals surface area contributed by atoms with E-state index in [0.717, 1.165) is 11.1 Å². The topological polar surface area (TPSA) is 61.9 Å². The van der Waals surface area contributed by atoms with Crippen LogP contribution in [0.3, 0.4) is 0 Å². The highest BCUT2D eigenvalue weighted by Crippen LogP contribution is 2.24. The third-order valence-electron chi connectivity index (χ3n) is 3.69. The van der Waals surface area contributed by atoms with E-state index in [2.05, 4.69) is 10.3 Å². The molecule has 25 heavy (non-hydrogen) atoms. The molecule has 2 aromatic carbocycles. The molecule has 0 saturated carbocycles. The molecule has 0 radical (unpaired) electrons. The molecule has 1 heterocycles. The molecular formula is C20H16FN3O. The van der Waals surface area contributed by atoms with Gasteiger partial charge in [-0.05, 0) is 36.3 Å². The Balaban J connectivity index is 1.77. The summed E-state index contributed by atoms with van der Waals surface area (Å²) in [6.07, 6.45) is 3.39. The second kappa shape index (κ2) is 7.45. The van der Waals surface area contributed by atoms with E-state index in [4.69, 9.17) is 4.42 Å². The SMILES string of the molecule is C[C@H](Nc1oc(/C=C/c2ccc(F)cc2)nc1C#N)c1ccccc1. The molecule has 0 aliphatic carbocycles. The number of nitriles is 1. The zero-order valence-corrected chi connectivity index (χ0v) is 13.6. The van der Waals surface area contributed by atoms with Gasteiger partial charge in [-0.25, -0.2) is 4.39 Å². The molecule has 1 aromatic heterocycles. The first kappa shape index (κ1) is 16.5. The third-order valence-corrected chi connectivity index (χ3v) is 3.69. The first-order valence-electron chi connectivity index (χ1n) is 7.82. The molecule has 4 nitrogen and oxygen atoms in total. The molecule has 1 atom stereocenters. The van der Waals surface area contributed by atoms with Crippen molar-refractivity contribution in [3.63, 3.8) is 0 Å². The lowest BCUT2D eigenvalue weighted by Crippen LogP contribution is -2.06. The van der Waals surface area contributed by atoms with E-state index in [1.54, 1.807) is 24.3 Å². The van der Waals surface area contributed by atoms with Crippen LogP contribution in [0.15, 0.2) is 59.0 Å². The van der Waals surface area contributed by atoms with Gasteiger partial charge in [-0.3, -0.25) is 0 Å². The van der Waals surface area contributed by atoms with Gasteiger partial charge in [0, 0.05) is 6.08 Å². The zero-order chi connectivity index (χ0) is 17.6. The van der Waals surface area contributed by atoms with Gasteiger partial charge in [0.25, 0.3) is 0 Å². The minimum atomic E-state index is -0.290. The van der Waals surface area contributed by atoms with Crippen molar-refractivity contribution in [3.05, 3.63) is 83.1 Å². The highest BCUT2D eigenvalue weighted by molar-refractivity contribution is 5.67. The Kier molecular flexibility index (Phi) is 4.91. The Morgan fingerprint density at radius 3 is 2.52 bits per heavy atom. The first-order valence-corrected chi connectivity index (χ1v) is 7.82. The molecule has 0 aliphatic heterocycles. The molecule has 0 unspecified atom stereocenters. The maximum atomic E-state index is 12.9. The first-order chi connectivity index (χ1) is 12.2. The molecule has 124 valence electrons. The summed E-state index contributed by atoms with van der Waals surface area (Å²) >= 11 is 0. The molecule has 1 N–H and O–H groups in total. The van der Waals surface area contributed by atoms with Crippen LogP contribution in [-0.2, 0) is 0 Å². The van der Waals surface area contributed by atoms with Crippen LogP contribution in [0.2, 0.25) is 0 Å². The van der Waals surface area contributed by atoms with Crippen molar-refractivity contribution in [1.82, 2.24) is 4.98 Å². The van der Waals surface area contributed by atoms with Crippen LogP contribution >= 0.6 is 0 Å². The van der Waals surface area contributed by atoms with E-state index >= 15 is 0 Å². The van der Waals surface area contributed by atoms with Crippen molar-refractivity contribution in [3.8, 4) is 6.07 Å². The van der Waals surface area contributed by atoms with Crippen LogP contribution in [0.4, 0.5) is 10.3 Å². The number of hydrogen-bond donors (Lipinski definition) is 1. The van der Waals surface area contributed by atoms with Crippen LogP contribution in [0, 0.1) is 17.1 Å². The maximum Gasteiger partial charge on any atom is 0.233 e. The summed E-state index contributed by atoms with van der Waals surface area (Å²) in [6.45, 7) is 1.98. The van der Waals surface area contributed by atoms with Gasteiger partial charge in [0.1, 0.15) is 11.9 Å². The zero-order valence-electron chi connectivity index (χ0n) is 13.6. The molecule has 0 aliphatic rings. The summed E-state index contributed by atoms with van der Waals surface area (Å²) in [5, 5.41) is 12.4. The van der Waals surface area contributed by atoms with E-state index in [-0.39, 0.29) is 17.6 Å². The number of nitrogens with zero attached hydrogens (tertiary/aromatic N) is 2. The molecule has 3 rings (SSSR count). The number of rotatable bonds is 5. The van der Waals surface area contributed by atoms with Crippen molar-refractivity contribution < 1.29 is 8.81 Å². The number of oxazole rings is 1. The highest BCUT2D eigenvalue weighted by Gasteiger charge is 2.14. The van der Waals surface area contributed by atoms with Gasteiger partial charge < -0.3 is 9.73 Å². The predicted octanol–water partition coefficient (Wildman–Crippen LogP) is 5.03. The highest BCUT2D eigenvalue weighted by atomic mass is 19.1. The summed E-state index contributed by atoms with van der Waals surface area (Å²) in [5.41, 5.74) is 2.08. The van der Waals surface area contributed by atoms with E-state index in [1.807, 2.05) is 43.3 Å². The van der Waals surface area contributed by atoms with Crippen molar-refractivity contribution in [2.75, 3.05) is 5.32 Å².